The Kier molecular flexibility index (Phi) is 3.91. The number of hydrogen-bond donors (Lipinski definition) is 0. The summed E-state index contributed by atoms with van der Waals surface area (Å²) in [6.07, 6.45) is 3.68. The third-order valence-corrected chi connectivity index (χ3v) is 4.20. The standard InChI is InChI=1S/C14H10.C9H7N/c1-3-7-13-11(5-1)9-10-12-6-2-4-8-14(12)13;1-2-4-9-7-10-6-5-8(9)3-1/h1-10H;1-7H. The summed E-state index contributed by atoms with van der Waals surface area (Å²) in [5, 5.41) is 7.75. The van der Waals surface area contributed by atoms with E-state index in [2.05, 4.69) is 77.8 Å². The highest BCUT2D eigenvalue weighted by molar-refractivity contribution is 6.07. The largest absolute Gasteiger partial charge is 0.264 e. The topological polar surface area (TPSA) is 12.9 Å². The number of fused-ring (bicyclic) bond motifs is 4. The molecule has 114 valence electrons. The number of hydrogen-bond acceptors (Lipinski definition) is 1. The lowest BCUT2D eigenvalue weighted by molar-refractivity contribution is 1.36. The van der Waals surface area contributed by atoms with E-state index in [4.69, 9.17) is 0 Å². The molecule has 0 N–H and O–H groups in total. The van der Waals surface area contributed by atoms with Crippen molar-refractivity contribution in [2.75, 3.05) is 0 Å². The summed E-state index contributed by atoms with van der Waals surface area (Å²) in [5.74, 6) is 0. The summed E-state index contributed by atoms with van der Waals surface area (Å²) in [6, 6.07) is 31.6. The first kappa shape index (κ1) is 14.4. The molecule has 0 aliphatic heterocycles. The van der Waals surface area contributed by atoms with E-state index in [0.29, 0.717) is 0 Å². The Morgan fingerprint density at radius 1 is 0.417 bits per heavy atom. The molecule has 0 aliphatic carbocycles. The molecule has 0 amide bonds. The van der Waals surface area contributed by atoms with Crippen LogP contribution in [0, 0.1) is 0 Å². The Morgan fingerprint density at radius 3 is 1.50 bits per heavy atom. The molecule has 5 rings (SSSR count). The lowest BCUT2D eigenvalue weighted by atomic mass is 10.0. The monoisotopic (exact) mass is 307 g/mol. The predicted octanol–water partition coefficient (Wildman–Crippen LogP) is 6.23. The van der Waals surface area contributed by atoms with Crippen molar-refractivity contribution in [1.29, 1.82) is 0 Å². The van der Waals surface area contributed by atoms with Gasteiger partial charge in [-0.1, -0.05) is 84.9 Å². The molecule has 1 aromatic heterocycles. The zero-order chi connectivity index (χ0) is 16.2. The minimum Gasteiger partial charge on any atom is -0.264 e. The van der Waals surface area contributed by atoms with Gasteiger partial charge in [-0.2, -0.15) is 0 Å². The maximum atomic E-state index is 4.01. The Labute approximate surface area is 141 Å². The number of rotatable bonds is 0. The molecule has 5 aromatic rings. The molecule has 0 bridgehead atoms. The van der Waals surface area contributed by atoms with Crippen molar-refractivity contribution in [2.45, 2.75) is 0 Å². The SMILES string of the molecule is c1ccc2c(c1)ccc1ccccc12.c1ccc2cnccc2c1. The molecule has 0 fully saturated rings. The van der Waals surface area contributed by atoms with Gasteiger partial charge in [-0.25, -0.2) is 0 Å². The fourth-order valence-corrected chi connectivity index (χ4v) is 2.98. The maximum absolute atomic E-state index is 4.01. The lowest BCUT2D eigenvalue weighted by Gasteiger charge is -2.02. The second-order valence-corrected chi connectivity index (χ2v) is 5.73. The molecule has 1 nitrogen and oxygen atoms in total. The molecule has 0 radical (unpaired) electrons. The van der Waals surface area contributed by atoms with Gasteiger partial charge < -0.3 is 0 Å². The number of benzene rings is 4. The van der Waals surface area contributed by atoms with Crippen molar-refractivity contribution in [3.63, 3.8) is 0 Å². The molecule has 24 heavy (non-hydrogen) atoms. The van der Waals surface area contributed by atoms with Gasteiger partial charge in [0.05, 0.1) is 0 Å². The minimum absolute atomic E-state index is 1.20. The highest BCUT2D eigenvalue weighted by Gasteiger charge is 1.97. The highest BCUT2D eigenvalue weighted by atomic mass is 14.6. The second kappa shape index (κ2) is 6.51. The van der Waals surface area contributed by atoms with Crippen molar-refractivity contribution in [1.82, 2.24) is 4.98 Å². The van der Waals surface area contributed by atoms with Gasteiger partial charge in [0.15, 0.2) is 0 Å². The van der Waals surface area contributed by atoms with Gasteiger partial charge in [0.2, 0.25) is 0 Å². The van der Waals surface area contributed by atoms with Crippen LogP contribution in [0.15, 0.2) is 103 Å². The third-order valence-electron chi connectivity index (χ3n) is 4.20. The zero-order valence-electron chi connectivity index (χ0n) is 13.3. The summed E-state index contributed by atoms with van der Waals surface area (Å²) in [6.45, 7) is 0. The number of nitrogens with zero attached hydrogens (tertiary/aromatic N) is 1. The normalized spacial score (nSPS) is 10.5. The molecule has 1 heteroatoms. The van der Waals surface area contributed by atoms with E-state index in [1.165, 1.54) is 32.3 Å². The first-order valence-electron chi connectivity index (χ1n) is 8.07. The van der Waals surface area contributed by atoms with Gasteiger partial charge in [0.25, 0.3) is 0 Å². The zero-order valence-corrected chi connectivity index (χ0v) is 13.3. The summed E-state index contributed by atoms with van der Waals surface area (Å²) in [5.41, 5.74) is 0. The van der Waals surface area contributed by atoms with Crippen molar-refractivity contribution in [2.24, 2.45) is 0 Å². The van der Waals surface area contributed by atoms with Crippen LogP contribution < -0.4 is 0 Å². The van der Waals surface area contributed by atoms with Gasteiger partial charge in [0.1, 0.15) is 0 Å². The molecule has 0 aliphatic rings. The van der Waals surface area contributed by atoms with Gasteiger partial charge in [-0.05, 0) is 38.4 Å². The smallest absolute Gasteiger partial charge is 0.0346 e. The van der Waals surface area contributed by atoms with Gasteiger partial charge in [-0.15, -0.1) is 0 Å². The van der Waals surface area contributed by atoms with E-state index >= 15 is 0 Å². The molecule has 0 unspecified atom stereocenters. The van der Waals surface area contributed by atoms with E-state index in [0.717, 1.165) is 0 Å². The number of pyridine rings is 1. The number of aromatic nitrogens is 1. The van der Waals surface area contributed by atoms with Crippen LogP contribution in [0.5, 0.6) is 0 Å². The van der Waals surface area contributed by atoms with Gasteiger partial charge in [0, 0.05) is 12.4 Å². The Bertz CT molecular complexity index is 992. The van der Waals surface area contributed by atoms with Crippen molar-refractivity contribution in [3.05, 3.63) is 103 Å². The van der Waals surface area contributed by atoms with Crippen molar-refractivity contribution < 1.29 is 0 Å². The van der Waals surface area contributed by atoms with Crippen LogP contribution >= 0.6 is 0 Å². The third kappa shape index (κ3) is 2.84. The van der Waals surface area contributed by atoms with Crippen LogP contribution in [0.4, 0.5) is 0 Å². The Hall–Kier alpha value is -3.19. The van der Waals surface area contributed by atoms with Crippen molar-refractivity contribution in [3.8, 4) is 0 Å². The fraction of sp³-hybridized carbons (Fsp3) is 0. The Balaban J connectivity index is 0.000000129. The summed E-state index contributed by atoms with van der Waals surface area (Å²) in [4.78, 5) is 4.01. The first-order chi connectivity index (χ1) is 11.9. The first-order valence-corrected chi connectivity index (χ1v) is 8.07. The van der Waals surface area contributed by atoms with E-state index in [-0.39, 0.29) is 0 Å². The maximum Gasteiger partial charge on any atom is 0.0346 e. The molecular weight excluding hydrogens is 290 g/mol. The molecule has 4 aromatic carbocycles. The quantitative estimate of drug-likeness (QED) is 0.309. The van der Waals surface area contributed by atoms with Crippen molar-refractivity contribution >= 4 is 32.3 Å². The fourth-order valence-electron chi connectivity index (χ4n) is 2.98. The van der Waals surface area contributed by atoms with E-state index < -0.39 is 0 Å². The average Bonchev–Trinajstić information content (AvgIpc) is 2.68. The Morgan fingerprint density at radius 2 is 0.917 bits per heavy atom. The molecule has 0 atom stereocenters. The van der Waals surface area contributed by atoms with E-state index in [9.17, 15) is 0 Å². The van der Waals surface area contributed by atoms with Crippen LogP contribution in [0.1, 0.15) is 0 Å². The van der Waals surface area contributed by atoms with Gasteiger partial charge >= 0.3 is 0 Å². The molecular formula is C23H17N. The summed E-state index contributed by atoms with van der Waals surface area (Å²) in [7, 11) is 0. The molecule has 0 spiro atoms. The van der Waals surface area contributed by atoms with E-state index in [1.54, 1.807) is 0 Å². The van der Waals surface area contributed by atoms with E-state index in [1.807, 2.05) is 30.6 Å². The van der Waals surface area contributed by atoms with Crippen LogP contribution in [-0.4, -0.2) is 4.98 Å². The average molecular weight is 307 g/mol. The second-order valence-electron chi connectivity index (χ2n) is 5.73. The van der Waals surface area contributed by atoms with Gasteiger partial charge in [-0.3, -0.25) is 4.98 Å². The van der Waals surface area contributed by atoms with Crippen LogP contribution in [0.3, 0.4) is 0 Å². The predicted molar refractivity (Wildman–Crippen MR) is 103 cm³/mol. The molecule has 0 saturated heterocycles. The summed E-state index contributed by atoms with van der Waals surface area (Å²) < 4.78 is 0. The molecule has 0 saturated carbocycles. The molecule has 1 heterocycles. The minimum atomic E-state index is 1.20. The van der Waals surface area contributed by atoms with Crippen LogP contribution in [0.25, 0.3) is 32.3 Å². The lowest BCUT2D eigenvalue weighted by Crippen LogP contribution is -1.75. The highest BCUT2D eigenvalue weighted by Crippen LogP contribution is 2.24. The summed E-state index contributed by atoms with van der Waals surface area (Å²) >= 11 is 0. The van der Waals surface area contributed by atoms with Crippen LogP contribution in [-0.2, 0) is 0 Å². The van der Waals surface area contributed by atoms with Crippen LogP contribution in [0.2, 0.25) is 0 Å².